The standard InChI is InChI=1S/C19H24N4O2/c1-22(2)18(24)20-16-9-5-14(6-10-16)13-15-7-11-17(12-8-15)21-19(25)23(3)4/h5-12H,13H2,1-4H3,(H,20,24)(H,21,25). The molecule has 0 bridgehead atoms. The molecule has 0 heterocycles. The Morgan fingerprint density at radius 1 is 0.680 bits per heavy atom. The van der Waals surface area contributed by atoms with Gasteiger partial charge < -0.3 is 20.4 Å². The summed E-state index contributed by atoms with van der Waals surface area (Å²) in [7, 11) is 6.81. The highest BCUT2D eigenvalue weighted by molar-refractivity contribution is 5.89. The molecule has 0 radical (unpaired) electrons. The molecule has 0 aliphatic rings. The minimum absolute atomic E-state index is 0.150. The fraction of sp³-hybridized carbons (Fsp3) is 0.263. The van der Waals surface area contributed by atoms with Crippen LogP contribution >= 0.6 is 0 Å². The van der Waals surface area contributed by atoms with Crippen molar-refractivity contribution in [1.82, 2.24) is 9.80 Å². The number of hydrogen-bond donors (Lipinski definition) is 2. The molecule has 6 nitrogen and oxygen atoms in total. The molecule has 132 valence electrons. The van der Waals surface area contributed by atoms with Gasteiger partial charge in [-0.1, -0.05) is 24.3 Å². The summed E-state index contributed by atoms with van der Waals surface area (Å²) in [6, 6.07) is 15.2. The fourth-order valence-electron chi connectivity index (χ4n) is 2.12. The van der Waals surface area contributed by atoms with Gasteiger partial charge in [-0.2, -0.15) is 0 Å². The highest BCUT2D eigenvalue weighted by Crippen LogP contribution is 2.16. The normalized spacial score (nSPS) is 10.1. The summed E-state index contributed by atoms with van der Waals surface area (Å²) in [4.78, 5) is 26.2. The number of amides is 4. The summed E-state index contributed by atoms with van der Waals surface area (Å²) in [6.07, 6.45) is 0.782. The summed E-state index contributed by atoms with van der Waals surface area (Å²) in [5, 5.41) is 5.62. The van der Waals surface area contributed by atoms with Gasteiger partial charge in [0, 0.05) is 39.6 Å². The number of benzene rings is 2. The molecule has 4 amide bonds. The Balaban J connectivity index is 1.95. The van der Waals surface area contributed by atoms with Gasteiger partial charge in [0.15, 0.2) is 0 Å². The van der Waals surface area contributed by atoms with Gasteiger partial charge in [-0.25, -0.2) is 9.59 Å². The van der Waals surface area contributed by atoms with Crippen molar-refractivity contribution in [1.29, 1.82) is 0 Å². The van der Waals surface area contributed by atoms with Gasteiger partial charge in [0.25, 0.3) is 0 Å². The zero-order chi connectivity index (χ0) is 18.4. The number of carbonyl (C=O) groups excluding carboxylic acids is 2. The van der Waals surface area contributed by atoms with Crippen molar-refractivity contribution in [3.8, 4) is 0 Å². The quantitative estimate of drug-likeness (QED) is 0.895. The molecular formula is C19H24N4O2. The first-order valence-corrected chi connectivity index (χ1v) is 7.99. The van der Waals surface area contributed by atoms with Gasteiger partial charge in [0.05, 0.1) is 0 Å². The Bertz CT molecular complexity index is 659. The summed E-state index contributed by atoms with van der Waals surface area (Å²) in [5.74, 6) is 0. The molecule has 0 aliphatic heterocycles. The lowest BCUT2D eigenvalue weighted by Crippen LogP contribution is -2.27. The van der Waals surface area contributed by atoms with E-state index in [1.807, 2.05) is 48.5 Å². The summed E-state index contributed by atoms with van der Waals surface area (Å²) < 4.78 is 0. The van der Waals surface area contributed by atoms with Crippen LogP contribution < -0.4 is 10.6 Å². The molecule has 0 fully saturated rings. The third-order valence-corrected chi connectivity index (χ3v) is 3.63. The first-order valence-electron chi connectivity index (χ1n) is 7.99. The van der Waals surface area contributed by atoms with Gasteiger partial charge in [-0.05, 0) is 41.8 Å². The number of rotatable bonds is 4. The lowest BCUT2D eigenvalue weighted by atomic mass is 10.0. The van der Waals surface area contributed by atoms with E-state index in [-0.39, 0.29) is 12.1 Å². The monoisotopic (exact) mass is 340 g/mol. The molecule has 0 atom stereocenters. The van der Waals surface area contributed by atoms with Crippen LogP contribution in [0.2, 0.25) is 0 Å². The summed E-state index contributed by atoms with van der Waals surface area (Å²) in [5.41, 5.74) is 3.83. The molecule has 2 rings (SSSR count). The van der Waals surface area contributed by atoms with Crippen LogP contribution in [0.4, 0.5) is 21.0 Å². The van der Waals surface area contributed by atoms with Gasteiger partial charge in [-0.15, -0.1) is 0 Å². The second-order valence-corrected chi connectivity index (χ2v) is 6.22. The first-order chi connectivity index (χ1) is 11.8. The lowest BCUT2D eigenvalue weighted by molar-refractivity contribution is 0.230. The van der Waals surface area contributed by atoms with Crippen molar-refractivity contribution in [2.24, 2.45) is 0 Å². The maximum atomic E-state index is 11.6. The average molecular weight is 340 g/mol. The van der Waals surface area contributed by atoms with E-state index in [1.165, 1.54) is 9.80 Å². The van der Waals surface area contributed by atoms with Crippen LogP contribution in [0.15, 0.2) is 48.5 Å². The topological polar surface area (TPSA) is 64.7 Å². The van der Waals surface area contributed by atoms with E-state index in [2.05, 4.69) is 10.6 Å². The SMILES string of the molecule is CN(C)C(=O)Nc1ccc(Cc2ccc(NC(=O)N(C)C)cc2)cc1. The molecule has 0 aliphatic carbocycles. The maximum absolute atomic E-state index is 11.6. The van der Waals surface area contributed by atoms with Gasteiger partial charge >= 0.3 is 12.1 Å². The van der Waals surface area contributed by atoms with Gasteiger partial charge in [0.1, 0.15) is 0 Å². The van der Waals surface area contributed by atoms with Crippen LogP contribution in [0, 0.1) is 0 Å². The minimum atomic E-state index is -0.150. The third kappa shape index (κ3) is 5.53. The zero-order valence-corrected chi connectivity index (χ0v) is 15.0. The minimum Gasteiger partial charge on any atom is -0.331 e. The molecule has 2 aromatic rings. The number of anilines is 2. The third-order valence-electron chi connectivity index (χ3n) is 3.63. The van der Waals surface area contributed by atoms with Crippen molar-refractivity contribution in [2.75, 3.05) is 38.8 Å². The van der Waals surface area contributed by atoms with Crippen LogP contribution in [0.3, 0.4) is 0 Å². The molecular weight excluding hydrogens is 316 g/mol. The maximum Gasteiger partial charge on any atom is 0.321 e. The Hall–Kier alpha value is -3.02. The van der Waals surface area contributed by atoms with E-state index >= 15 is 0 Å². The molecule has 2 N–H and O–H groups in total. The zero-order valence-electron chi connectivity index (χ0n) is 15.0. The lowest BCUT2D eigenvalue weighted by Gasteiger charge is -2.13. The molecule has 0 aromatic heterocycles. The Morgan fingerprint density at radius 2 is 1.00 bits per heavy atom. The van der Waals surface area contributed by atoms with Crippen LogP contribution in [-0.2, 0) is 6.42 Å². The van der Waals surface area contributed by atoms with Crippen molar-refractivity contribution < 1.29 is 9.59 Å². The summed E-state index contributed by atoms with van der Waals surface area (Å²) >= 11 is 0. The number of carbonyl (C=O) groups is 2. The van der Waals surface area contributed by atoms with Gasteiger partial charge in [-0.3, -0.25) is 0 Å². The van der Waals surface area contributed by atoms with Crippen LogP contribution in [0.5, 0.6) is 0 Å². The Kier molecular flexibility index (Phi) is 6.00. The molecule has 2 aromatic carbocycles. The smallest absolute Gasteiger partial charge is 0.321 e. The van der Waals surface area contributed by atoms with Crippen LogP contribution in [-0.4, -0.2) is 50.1 Å². The summed E-state index contributed by atoms with van der Waals surface area (Å²) in [6.45, 7) is 0. The first kappa shape index (κ1) is 18.3. The average Bonchev–Trinajstić information content (AvgIpc) is 2.58. The van der Waals surface area contributed by atoms with Crippen molar-refractivity contribution in [3.05, 3.63) is 59.7 Å². The molecule has 0 saturated heterocycles. The second-order valence-electron chi connectivity index (χ2n) is 6.22. The fourth-order valence-corrected chi connectivity index (χ4v) is 2.12. The van der Waals surface area contributed by atoms with Gasteiger partial charge in [0.2, 0.25) is 0 Å². The molecule has 0 saturated carbocycles. The molecule has 0 unspecified atom stereocenters. The number of urea groups is 2. The van der Waals surface area contributed by atoms with E-state index in [9.17, 15) is 9.59 Å². The van der Waals surface area contributed by atoms with Crippen molar-refractivity contribution >= 4 is 23.4 Å². The Labute approximate surface area is 148 Å². The second kappa shape index (κ2) is 8.19. The van der Waals surface area contributed by atoms with E-state index < -0.39 is 0 Å². The van der Waals surface area contributed by atoms with E-state index in [4.69, 9.17) is 0 Å². The van der Waals surface area contributed by atoms with Crippen molar-refractivity contribution in [3.63, 3.8) is 0 Å². The highest BCUT2D eigenvalue weighted by atomic mass is 16.2. The predicted molar refractivity (Wildman–Crippen MR) is 101 cm³/mol. The number of nitrogens with one attached hydrogen (secondary N) is 2. The molecule has 6 heteroatoms. The van der Waals surface area contributed by atoms with Crippen molar-refractivity contribution in [2.45, 2.75) is 6.42 Å². The van der Waals surface area contributed by atoms with Crippen LogP contribution in [0.1, 0.15) is 11.1 Å². The number of nitrogens with zero attached hydrogens (tertiary/aromatic N) is 2. The Morgan fingerprint density at radius 3 is 1.28 bits per heavy atom. The van der Waals surface area contributed by atoms with E-state index in [1.54, 1.807) is 28.2 Å². The largest absolute Gasteiger partial charge is 0.331 e. The van der Waals surface area contributed by atoms with E-state index in [0.717, 1.165) is 28.9 Å². The van der Waals surface area contributed by atoms with E-state index in [0.29, 0.717) is 0 Å². The van der Waals surface area contributed by atoms with Crippen LogP contribution in [0.25, 0.3) is 0 Å². The molecule has 25 heavy (non-hydrogen) atoms. The highest BCUT2D eigenvalue weighted by Gasteiger charge is 2.05. The predicted octanol–water partition coefficient (Wildman–Crippen LogP) is 3.46. The molecule has 0 spiro atoms. The number of hydrogen-bond acceptors (Lipinski definition) is 2.